The molecule has 0 amide bonds. The lowest BCUT2D eigenvalue weighted by Crippen LogP contribution is -2.12. The van der Waals surface area contributed by atoms with Gasteiger partial charge in [0.1, 0.15) is 5.92 Å². The first-order chi connectivity index (χ1) is 6.68. The Bertz CT molecular complexity index is 362. The number of thiazole rings is 1. The van der Waals surface area contributed by atoms with Gasteiger partial charge in [-0.25, -0.2) is 4.98 Å². The number of aliphatic carboxylic acids is 1. The fourth-order valence-electron chi connectivity index (χ4n) is 1.84. The zero-order chi connectivity index (χ0) is 10.1. The minimum Gasteiger partial charge on any atom is -0.481 e. The number of anilines is 1. The lowest BCUT2D eigenvalue weighted by atomic mass is 10.0. The molecule has 0 saturated heterocycles. The van der Waals surface area contributed by atoms with Crippen LogP contribution in [0.5, 0.6) is 0 Å². The molecule has 1 aliphatic rings. The maximum atomic E-state index is 11.0. The highest BCUT2D eigenvalue weighted by Gasteiger charge is 2.27. The van der Waals surface area contributed by atoms with Crippen LogP contribution in [0, 0.1) is 0 Å². The average molecular weight is 212 g/mol. The van der Waals surface area contributed by atoms with Crippen molar-refractivity contribution >= 4 is 22.4 Å². The van der Waals surface area contributed by atoms with E-state index in [1.807, 2.05) is 0 Å². The van der Waals surface area contributed by atoms with Gasteiger partial charge in [-0.1, -0.05) is 6.42 Å². The number of rotatable bonds is 1. The van der Waals surface area contributed by atoms with E-state index in [0.29, 0.717) is 17.2 Å². The number of fused-ring (bicyclic) bond motifs is 1. The van der Waals surface area contributed by atoms with Gasteiger partial charge in [0.15, 0.2) is 5.13 Å². The standard InChI is InChI=1S/C9H12N2O2S/c10-9-11-7-5(8(12)13)3-1-2-4-6(7)14-9/h5H,1-4H2,(H2,10,11)(H,12,13). The number of nitrogens with two attached hydrogens (primary N) is 1. The highest BCUT2D eigenvalue weighted by Crippen LogP contribution is 2.34. The molecule has 1 aliphatic carbocycles. The molecule has 0 spiro atoms. The molecule has 14 heavy (non-hydrogen) atoms. The van der Waals surface area contributed by atoms with Crippen LogP contribution < -0.4 is 5.73 Å². The molecular weight excluding hydrogens is 200 g/mol. The van der Waals surface area contributed by atoms with Crippen molar-refractivity contribution < 1.29 is 9.90 Å². The summed E-state index contributed by atoms with van der Waals surface area (Å²) < 4.78 is 0. The number of carbonyl (C=O) groups is 1. The van der Waals surface area contributed by atoms with Crippen LogP contribution in [0.15, 0.2) is 0 Å². The van der Waals surface area contributed by atoms with E-state index in [1.54, 1.807) is 0 Å². The van der Waals surface area contributed by atoms with Gasteiger partial charge < -0.3 is 10.8 Å². The Morgan fingerprint density at radius 1 is 1.57 bits per heavy atom. The van der Waals surface area contributed by atoms with E-state index < -0.39 is 11.9 Å². The first kappa shape index (κ1) is 9.45. The molecule has 1 unspecified atom stereocenters. The van der Waals surface area contributed by atoms with Crippen LogP contribution in [0.4, 0.5) is 5.13 Å². The van der Waals surface area contributed by atoms with Crippen LogP contribution in [0.25, 0.3) is 0 Å². The monoisotopic (exact) mass is 212 g/mol. The Labute approximate surface area is 85.8 Å². The van der Waals surface area contributed by atoms with Gasteiger partial charge in [0.25, 0.3) is 0 Å². The molecule has 1 aromatic heterocycles. The highest BCUT2D eigenvalue weighted by atomic mass is 32.1. The molecule has 0 fully saturated rings. The molecule has 0 aromatic carbocycles. The van der Waals surface area contributed by atoms with Crippen LogP contribution in [-0.4, -0.2) is 16.1 Å². The van der Waals surface area contributed by atoms with Crippen LogP contribution in [0.2, 0.25) is 0 Å². The summed E-state index contributed by atoms with van der Waals surface area (Å²) in [6.07, 6.45) is 3.61. The molecule has 4 nitrogen and oxygen atoms in total. The third-order valence-electron chi connectivity index (χ3n) is 2.52. The molecule has 0 radical (unpaired) electrons. The van der Waals surface area contributed by atoms with Gasteiger partial charge in [0.2, 0.25) is 0 Å². The first-order valence-electron chi connectivity index (χ1n) is 4.66. The number of hydrogen-bond donors (Lipinski definition) is 2. The van der Waals surface area contributed by atoms with Gasteiger partial charge >= 0.3 is 5.97 Å². The number of nitrogen functional groups attached to an aromatic ring is 1. The van der Waals surface area contributed by atoms with E-state index in [1.165, 1.54) is 11.3 Å². The van der Waals surface area contributed by atoms with E-state index in [9.17, 15) is 4.79 Å². The number of carboxylic acids is 1. The third kappa shape index (κ3) is 1.59. The highest BCUT2D eigenvalue weighted by molar-refractivity contribution is 7.15. The van der Waals surface area contributed by atoms with Crippen LogP contribution in [0.1, 0.15) is 35.8 Å². The van der Waals surface area contributed by atoms with E-state index in [2.05, 4.69) is 4.98 Å². The van der Waals surface area contributed by atoms with Gasteiger partial charge in [-0.05, 0) is 19.3 Å². The predicted octanol–water partition coefficient (Wildman–Crippen LogP) is 1.62. The summed E-state index contributed by atoms with van der Waals surface area (Å²) in [6.45, 7) is 0. The zero-order valence-electron chi connectivity index (χ0n) is 7.69. The van der Waals surface area contributed by atoms with Crippen molar-refractivity contribution in [3.05, 3.63) is 10.6 Å². The number of hydrogen-bond acceptors (Lipinski definition) is 4. The molecule has 3 N–H and O–H groups in total. The Hall–Kier alpha value is -1.10. The third-order valence-corrected chi connectivity index (χ3v) is 3.48. The normalized spacial score (nSPS) is 21.3. The quantitative estimate of drug-likeness (QED) is 0.693. The van der Waals surface area contributed by atoms with Crippen molar-refractivity contribution in [2.24, 2.45) is 0 Å². The largest absolute Gasteiger partial charge is 0.481 e. The van der Waals surface area contributed by atoms with Crippen molar-refractivity contribution in [3.63, 3.8) is 0 Å². The van der Waals surface area contributed by atoms with Crippen molar-refractivity contribution in [1.29, 1.82) is 0 Å². The van der Waals surface area contributed by atoms with Gasteiger partial charge in [0.05, 0.1) is 5.69 Å². The summed E-state index contributed by atoms with van der Waals surface area (Å²) in [5.74, 6) is -1.22. The Morgan fingerprint density at radius 3 is 3.07 bits per heavy atom. The topological polar surface area (TPSA) is 76.2 Å². The number of carboxylic acid groups (broad SMARTS) is 1. The van der Waals surface area contributed by atoms with Gasteiger partial charge in [0, 0.05) is 4.88 Å². The molecule has 0 bridgehead atoms. The van der Waals surface area contributed by atoms with E-state index in [0.717, 1.165) is 24.1 Å². The zero-order valence-corrected chi connectivity index (χ0v) is 8.51. The minimum absolute atomic E-state index is 0.443. The number of aryl methyl sites for hydroxylation is 1. The Kier molecular flexibility index (Phi) is 2.41. The van der Waals surface area contributed by atoms with Crippen molar-refractivity contribution in [2.75, 3.05) is 5.73 Å². The second-order valence-electron chi connectivity index (χ2n) is 3.50. The fourth-order valence-corrected chi connectivity index (χ4v) is 2.78. The van der Waals surface area contributed by atoms with Crippen LogP contribution in [-0.2, 0) is 11.2 Å². The molecule has 0 aliphatic heterocycles. The van der Waals surface area contributed by atoms with E-state index >= 15 is 0 Å². The van der Waals surface area contributed by atoms with Crippen LogP contribution >= 0.6 is 11.3 Å². The van der Waals surface area contributed by atoms with Gasteiger partial charge in [-0.3, -0.25) is 4.79 Å². The molecule has 76 valence electrons. The van der Waals surface area contributed by atoms with Crippen molar-refractivity contribution in [1.82, 2.24) is 4.98 Å². The Balaban J connectivity index is 2.40. The Morgan fingerprint density at radius 2 is 2.36 bits per heavy atom. The molecule has 2 rings (SSSR count). The van der Waals surface area contributed by atoms with E-state index in [-0.39, 0.29) is 0 Å². The van der Waals surface area contributed by atoms with Crippen molar-refractivity contribution in [2.45, 2.75) is 31.6 Å². The molecule has 1 aromatic rings. The maximum Gasteiger partial charge on any atom is 0.312 e. The summed E-state index contributed by atoms with van der Waals surface area (Å²) in [5.41, 5.74) is 6.29. The van der Waals surface area contributed by atoms with Gasteiger partial charge in [-0.15, -0.1) is 11.3 Å². The first-order valence-corrected chi connectivity index (χ1v) is 5.48. The lowest BCUT2D eigenvalue weighted by molar-refractivity contribution is -0.139. The molecule has 1 heterocycles. The summed E-state index contributed by atoms with van der Waals surface area (Å²) in [7, 11) is 0. The fraction of sp³-hybridized carbons (Fsp3) is 0.556. The summed E-state index contributed by atoms with van der Waals surface area (Å²) in [6, 6.07) is 0. The molecule has 1 atom stereocenters. The predicted molar refractivity (Wildman–Crippen MR) is 54.5 cm³/mol. The number of nitrogens with zero attached hydrogens (tertiary/aromatic N) is 1. The van der Waals surface area contributed by atoms with E-state index in [4.69, 9.17) is 10.8 Å². The second kappa shape index (κ2) is 3.57. The van der Waals surface area contributed by atoms with Crippen molar-refractivity contribution in [3.8, 4) is 0 Å². The SMILES string of the molecule is Nc1nc2c(s1)CCCCC2C(=O)O. The smallest absolute Gasteiger partial charge is 0.312 e. The molecular formula is C9H12N2O2S. The maximum absolute atomic E-state index is 11.0. The number of aromatic nitrogens is 1. The summed E-state index contributed by atoms with van der Waals surface area (Å²) >= 11 is 1.43. The second-order valence-corrected chi connectivity index (χ2v) is 4.61. The minimum atomic E-state index is -0.779. The molecule has 0 saturated carbocycles. The summed E-state index contributed by atoms with van der Waals surface area (Å²) in [5, 5.41) is 9.53. The summed E-state index contributed by atoms with van der Waals surface area (Å²) in [4.78, 5) is 16.2. The van der Waals surface area contributed by atoms with Gasteiger partial charge in [-0.2, -0.15) is 0 Å². The average Bonchev–Trinajstić information content (AvgIpc) is 2.35. The lowest BCUT2D eigenvalue weighted by Gasteiger charge is -2.06. The van der Waals surface area contributed by atoms with Crippen LogP contribution in [0.3, 0.4) is 0 Å². The molecule has 5 heteroatoms.